The lowest BCUT2D eigenvalue weighted by molar-refractivity contribution is 0.666. The van der Waals surface area contributed by atoms with Gasteiger partial charge in [0.2, 0.25) is 0 Å². The summed E-state index contributed by atoms with van der Waals surface area (Å²) < 4.78 is 0. The molecular weight excluding hydrogens is 721 g/mol. The van der Waals surface area contributed by atoms with E-state index in [4.69, 9.17) is 0 Å². The minimum Gasteiger partial charge on any atom is -0.0620 e. The maximum absolute atomic E-state index is 2.48. The van der Waals surface area contributed by atoms with Gasteiger partial charge in [-0.15, -0.1) is 0 Å². The van der Waals surface area contributed by atoms with E-state index in [2.05, 4.69) is 210 Å². The molecule has 10 aromatic rings. The minimum absolute atomic E-state index is 0.0613. The summed E-state index contributed by atoms with van der Waals surface area (Å²) in [5, 5.41) is 7.80. The Morgan fingerprint density at radius 3 is 1.48 bits per heavy atom. The van der Waals surface area contributed by atoms with E-state index in [-0.39, 0.29) is 5.41 Å². The van der Waals surface area contributed by atoms with Gasteiger partial charge in [0.1, 0.15) is 0 Å². The summed E-state index contributed by atoms with van der Waals surface area (Å²) >= 11 is 0. The summed E-state index contributed by atoms with van der Waals surface area (Å²) in [7, 11) is 0. The molecule has 0 atom stereocenters. The van der Waals surface area contributed by atoms with E-state index in [1.165, 1.54) is 132 Å². The first kappa shape index (κ1) is 35.0. The fraction of sp³-hybridized carbons (Fsp3) is 0.100. The molecule has 0 saturated heterocycles. The van der Waals surface area contributed by atoms with Crippen molar-refractivity contribution in [1.82, 2.24) is 0 Å². The van der Waals surface area contributed by atoms with Crippen LogP contribution in [0, 0.1) is 13.8 Å². The highest BCUT2D eigenvalue weighted by Crippen LogP contribution is 2.53. The topological polar surface area (TPSA) is 0 Å². The lowest BCUT2D eigenvalue weighted by Gasteiger charge is -2.23. The van der Waals surface area contributed by atoms with Crippen LogP contribution in [0.2, 0.25) is 0 Å². The second-order valence-electron chi connectivity index (χ2n) is 17.7. The number of aryl methyl sites for hydroxylation is 2. The molecule has 2 aliphatic carbocycles. The van der Waals surface area contributed by atoms with Crippen molar-refractivity contribution in [3.8, 4) is 66.8 Å². The van der Waals surface area contributed by atoms with Crippen LogP contribution in [0.15, 0.2) is 182 Å². The van der Waals surface area contributed by atoms with Crippen LogP contribution in [-0.4, -0.2) is 0 Å². The van der Waals surface area contributed by atoms with Crippen LogP contribution < -0.4 is 0 Å². The second-order valence-corrected chi connectivity index (χ2v) is 17.7. The maximum atomic E-state index is 2.48. The van der Waals surface area contributed by atoms with Gasteiger partial charge >= 0.3 is 0 Å². The lowest BCUT2D eigenvalue weighted by atomic mass is 9.80. The Hall–Kier alpha value is -7.02. The van der Waals surface area contributed by atoms with Crippen molar-refractivity contribution in [2.45, 2.75) is 39.5 Å². The molecule has 10 aromatic carbocycles. The van der Waals surface area contributed by atoms with Crippen LogP contribution in [0.1, 0.15) is 47.2 Å². The molecule has 0 unspecified atom stereocenters. The number of hydrogen-bond donors (Lipinski definition) is 0. The van der Waals surface area contributed by atoms with E-state index < -0.39 is 0 Å². The smallest absolute Gasteiger partial charge is 0.0165 e. The maximum Gasteiger partial charge on any atom is 0.0165 e. The molecule has 0 aliphatic heterocycles. The number of hydrogen-bond acceptors (Lipinski definition) is 0. The Bertz CT molecular complexity index is 3390. The predicted octanol–water partition coefficient (Wildman–Crippen LogP) is 16.3. The van der Waals surface area contributed by atoms with Gasteiger partial charge in [0.25, 0.3) is 0 Å². The Balaban J connectivity index is 0.991. The summed E-state index contributed by atoms with van der Waals surface area (Å²) in [5.41, 5.74) is 23.9. The molecule has 2 aliphatic rings. The van der Waals surface area contributed by atoms with E-state index >= 15 is 0 Å². The van der Waals surface area contributed by atoms with Gasteiger partial charge in [-0.3, -0.25) is 0 Å². The molecule has 0 heterocycles. The summed E-state index contributed by atoms with van der Waals surface area (Å²) in [5.74, 6) is 0. The standard InChI is InChI=1S/C60H44/c1-36-13-5-7-15-45(36)52-34-43(22-21-37(52)2)57-47-17-9-11-19-49(47)58(50-20-12-10-18-48(50)57)44-26-25-42-31-41-24-23-39(32-53(41)54(42)35-44)40-28-30-56-55(33-40)51-29-27-38-14-6-8-16-46(38)59(51)60(56,3)4/h5-30,32-35H,31H2,1-4H3. The van der Waals surface area contributed by atoms with Crippen molar-refractivity contribution in [3.05, 3.63) is 215 Å². The normalized spacial score (nSPS) is 13.4. The van der Waals surface area contributed by atoms with Crippen molar-refractivity contribution in [3.63, 3.8) is 0 Å². The average Bonchev–Trinajstić information content (AvgIpc) is 3.76. The molecule has 0 saturated carbocycles. The van der Waals surface area contributed by atoms with Crippen molar-refractivity contribution in [1.29, 1.82) is 0 Å². The first-order valence-electron chi connectivity index (χ1n) is 21.4. The van der Waals surface area contributed by atoms with Gasteiger partial charge in [-0.25, -0.2) is 0 Å². The molecule has 0 bridgehead atoms. The van der Waals surface area contributed by atoms with E-state index in [9.17, 15) is 0 Å². The fourth-order valence-corrected chi connectivity index (χ4v) is 11.0. The van der Waals surface area contributed by atoms with Crippen LogP contribution in [-0.2, 0) is 11.8 Å². The fourth-order valence-electron chi connectivity index (χ4n) is 11.0. The Morgan fingerprint density at radius 2 is 0.833 bits per heavy atom. The predicted molar refractivity (Wildman–Crippen MR) is 256 cm³/mol. The van der Waals surface area contributed by atoms with Crippen molar-refractivity contribution in [2.75, 3.05) is 0 Å². The molecule has 0 nitrogen and oxygen atoms in total. The monoisotopic (exact) mass is 764 g/mol. The lowest BCUT2D eigenvalue weighted by Crippen LogP contribution is -2.15. The molecular formula is C60H44. The average molecular weight is 765 g/mol. The SMILES string of the molecule is Cc1ccccc1-c1cc(-c2c3ccccc3c(-c3ccc4c(c3)-c3cc(-c5ccc6c(c5)-c5ccc7ccccc7c5C6(C)C)ccc3C4)c3ccccc23)ccc1C. The van der Waals surface area contributed by atoms with E-state index in [0.29, 0.717) is 0 Å². The zero-order valence-electron chi connectivity index (χ0n) is 34.5. The molecule has 60 heavy (non-hydrogen) atoms. The van der Waals surface area contributed by atoms with Crippen molar-refractivity contribution >= 4 is 32.3 Å². The molecule has 12 rings (SSSR count). The summed E-state index contributed by atoms with van der Waals surface area (Å²) in [6.45, 7) is 9.22. The van der Waals surface area contributed by atoms with E-state index in [1.807, 2.05) is 0 Å². The Morgan fingerprint density at radius 1 is 0.350 bits per heavy atom. The highest BCUT2D eigenvalue weighted by Gasteiger charge is 2.37. The zero-order valence-corrected chi connectivity index (χ0v) is 34.5. The van der Waals surface area contributed by atoms with Gasteiger partial charge in [0, 0.05) is 5.41 Å². The molecule has 0 fully saturated rings. The first-order valence-corrected chi connectivity index (χ1v) is 21.4. The Kier molecular flexibility index (Phi) is 7.57. The molecule has 0 spiro atoms. The summed E-state index contributed by atoms with van der Waals surface area (Å²) in [4.78, 5) is 0. The third kappa shape index (κ3) is 5.10. The molecule has 284 valence electrons. The first-order chi connectivity index (χ1) is 29.3. The number of rotatable bonds is 4. The molecule has 0 radical (unpaired) electrons. The Labute approximate surface area is 352 Å². The van der Waals surface area contributed by atoms with Gasteiger partial charge in [-0.05, 0) is 177 Å². The van der Waals surface area contributed by atoms with Crippen LogP contribution in [0.3, 0.4) is 0 Å². The summed E-state index contributed by atoms with van der Waals surface area (Å²) in [6, 6.07) is 68.9. The van der Waals surface area contributed by atoms with E-state index in [1.54, 1.807) is 0 Å². The molecule has 0 heteroatoms. The van der Waals surface area contributed by atoms with Crippen molar-refractivity contribution < 1.29 is 0 Å². The quantitative estimate of drug-likeness (QED) is 0.157. The third-order valence-corrected chi connectivity index (χ3v) is 13.9. The largest absolute Gasteiger partial charge is 0.0620 e. The molecule has 0 aromatic heterocycles. The van der Waals surface area contributed by atoms with E-state index in [0.717, 1.165) is 6.42 Å². The van der Waals surface area contributed by atoms with Crippen molar-refractivity contribution in [2.24, 2.45) is 0 Å². The van der Waals surface area contributed by atoms with Gasteiger partial charge in [0.05, 0.1) is 0 Å². The van der Waals surface area contributed by atoms with Crippen LogP contribution in [0.4, 0.5) is 0 Å². The third-order valence-electron chi connectivity index (χ3n) is 13.9. The van der Waals surface area contributed by atoms with Gasteiger partial charge in [-0.1, -0.05) is 172 Å². The highest BCUT2D eigenvalue weighted by atomic mass is 14.4. The number of fused-ring (bicyclic) bond motifs is 10. The highest BCUT2D eigenvalue weighted by molar-refractivity contribution is 6.21. The number of benzene rings is 10. The molecule has 0 N–H and O–H groups in total. The van der Waals surface area contributed by atoms with Crippen LogP contribution in [0.25, 0.3) is 99.1 Å². The van der Waals surface area contributed by atoms with Crippen LogP contribution >= 0.6 is 0 Å². The van der Waals surface area contributed by atoms with Gasteiger partial charge in [-0.2, -0.15) is 0 Å². The zero-order chi connectivity index (χ0) is 40.3. The molecule has 0 amide bonds. The van der Waals surface area contributed by atoms with Crippen LogP contribution in [0.5, 0.6) is 0 Å². The summed E-state index contributed by atoms with van der Waals surface area (Å²) in [6.07, 6.45) is 0.959. The van der Waals surface area contributed by atoms with Gasteiger partial charge < -0.3 is 0 Å². The van der Waals surface area contributed by atoms with Gasteiger partial charge in [0.15, 0.2) is 0 Å². The minimum atomic E-state index is -0.0613. The second kappa shape index (κ2) is 13.0.